The summed E-state index contributed by atoms with van der Waals surface area (Å²) in [6.07, 6.45) is 8.93. The third-order valence-corrected chi connectivity index (χ3v) is 6.72. The van der Waals surface area contributed by atoms with Crippen molar-refractivity contribution in [2.45, 2.75) is 57.4 Å². The van der Waals surface area contributed by atoms with Crippen molar-refractivity contribution in [3.8, 4) is 0 Å². The number of carbonyl (C=O) groups is 1. The fourth-order valence-electron chi connectivity index (χ4n) is 6.44. The van der Waals surface area contributed by atoms with E-state index in [-0.39, 0.29) is 0 Å². The summed E-state index contributed by atoms with van der Waals surface area (Å²) in [7, 11) is 0. The Labute approximate surface area is 110 Å². The zero-order valence-electron chi connectivity index (χ0n) is 11.6. The molecule has 2 heteroatoms. The molecular weight excluding hydrogens is 222 g/mol. The Bertz CT molecular complexity index is 377. The average Bonchev–Trinajstić information content (AvgIpc) is 2.33. The zero-order valence-corrected chi connectivity index (χ0v) is 11.6. The number of ketones is 1. The van der Waals surface area contributed by atoms with Crippen LogP contribution in [0.5, 0.6) is 0 Å². The number of piperidine rings is 2. The van der Waals surface area contributed by atoms with Gasteiger partial charge in [0.2, 0.25) is 0 Å². The largest absolute Gasteiger partial charge is 0.329 e. The normalized spacial score (nSPS) is 54.9. The number of nitrogens with one attached hydrogen (secondary N) is 1. The van der Waals surface area contributed by atoms with Crippen LogP contribution in [0.4, 0.5) is 0 Å². The van der Waals surface area contributed by atoms with Crippen LogP contribution in [0.15, 0.2) is 0 Å². The maximum Gasteiger partial charge on any atom is 0.142 e. The van der Waals surface area contributed by atoms with Crippen LogP contribution in [0.2, 0.25) is 0 Å². The van der Waals surface area contributed by atoms with Gasteiger partial charge in [-0.2, -0.15) is 0 Å². The minimum atomic E-state index is 0.397. The maximum atomic E-state index is 12.6. The minimum Gasteiger partial charge on any atom is -0.329 e. The van der Waals surface area contributed by atoms with E-state index >= 15 is 0 Å². The van der Waals surface area contributed by atoms with E-state index in [0.29, 0.717) is 17.2 Å². The number of carbonyl (C=O) groups excluding carboxylic acids is 1. The third-order valence-electron chi connectivity index (χ3n) is 6.72. The van der Waals surface area contributed by atoms with Crippen molar-refractivity contribution < 1.29 is 9.69 Å². The molecule has 2 nitrogen and oxygen atoms in total. The number of rotatable bonds is 0. The number of hydrogen-bond donors (Lipinski definition) is 1. The molecule has 2 heterocycles. The standard InChI is InChI=1S/C16H25NO/c1-11-8-12-9-15(18)14-5-3-7-17-6-2-4-13(12)16(14,17)10-11/h11-14H,2-10H2,1H3/p+1/t11-,12-,13+,14+,16+/m0/s1. The zero-order chi connectivity index (χ0) is 12.3. The van der Waals surface area contributed by atoms with Crippen molar-refractivity contribution in [1.82, 2.24) is 0 Å². The van der Waals surface area contributed by atoms with E-state index < -0.39 is 0 Å². The van der Waals surface area contributed by atoms with Crippen LogP contribution < -0.4 is 4.90 Å². The molecule has 0 aromatic heterocycles. The second-order valence-electron chi connectivity index (χ2n) is 7.56. The first-order valence-electron chi connectivity index (χ1n) is 8.09. The van der Waals surface area contributed by atoms with Gasteiger partial charge in [-0.15, -0.1) is 0 Å². The second kappa shape index (κ2) is 3.82. The smallest absolute Gasteiger partial charge is 0.142 e. The van der Waals surface area contributed by atoms with Gasteiger partial charge >= 0.3 is 0 Å². The van der Waals surface area contributed by atoms with Gasteiger partial charge in [0.15, 0.2) is 0 Å². The Morgan fingerprint density at radius 1 is 1.22 bits per heavy atom. The highest BCUT2D eigenvalue weighted by Crippen LogP contribution is 2.53. The van der Waals surface area contributed by atoms with Gasteiger partial charge in [0, 0.05) is 18.8 Å². The SMILES string of the molecule is C[C@H]1C[C@H]2CC(=O)[C@H]3CCC[NH+]4CCC[C@H]2[C@]34C1. The fourth-order valence-corrected chi connectivity index (χ4v) is 6.44. The summed E-state index contributed by atoms with van der Waals surface area (Å²) < 4.78 is 0. The van der Waals surface area contributed by atoms with Crippen LogP contribution in [0.1, 0.15) is 51.9 Å². The number of Topliss-reactive ketones (excluding diaryl/α,β-unsaturated/α-hetero) is 1. The fraction of sp³-hybridized carbons (Fsp3) is 0.938. The van der Waals surface area contributed by atoms with E-state index in [2.05, 4.69) is 6.92 Å². The molecule has 4 fully saturated rings. The lowest BCUT2D eigenvalue weighted by atomic mass is 9.48. The number of quaternary nitrogens is 1. The van der Waals surface area contributed by atoms with E-state index in [0.717, 1.165) is 24.2 Å². The summed E-state index contributed by atoms with van der Waals surface area (Å²) >= 11 is 0. The molecule has 2 aliphatic heterocycles. The van der Waals surface area contributed by atoms with Crippen molar-refractivity contribution in [1.29, 1.82) is 0 Å². The molecule has 4 rings (SSSR count). The van der Waals surface area contributed by atoms with E-state index in [1.165, 1.54) is 51.6 Å². The Hall–Kier alpha value is -0.370. The van der Waals surface area contributed by atoms with Gasteiger partial charge in [-0.1, -0.05) is 6.92 Å². The third kappa shape index (κ3) is 1.31. The molecule has 18 heavy (non-hydrogen) atoms. The van der Waals surface area contributed by atoms with Gasteiger partial charge in [-0.05, 0) is 43.9 Å². The van der Waals surface area contributed by atoms with Crippen LogP contribution in [-0.2, 0) is 4.79 Å². The Kier molecular flexibility index (Phi) is 2.43. The van der Waals surface area contributed by atoms with Gasteiger partial charge in [-0.3, -0.25) is 4.79 Å². The van der Waals surface area contributed by atoms with Gasteiger partial charge in [0.1, 0.15) is 11.3 Å². The van der Waals surface area contributed by atoms with Crippen LogP contribution in [0, 0.1) is 23.7 Å². The molecule has 1 N–H and O–H groups in total. The van der Waals surface area contributed by atoms with E-state index in [9.17, 15) is 4.79 Å². The molecule has 2 bridgehead atoms. The first-order valence-corrected chi connectivity index (χ1v) is 8.09. The molecule has 4 aliphatic rings. The van der Waals surface area contributed by atoms with Gasteiger partial charge in [0.25, 0.3) is 0 Å². The molecule has 0 radical (unpaired) electrons. The predicted octanol–water partition coefficient (Wildman–Crippen LogP) is 1.45. The highest BCUT2D eigenvalue weighted by molar-refractivity contribution is 5.84. The van der Waals surface area contributed by atoms with E-state index in [1.807, 2.05) is 4.90 Å². The van der Waals surface area contributed by atoms with Gasteiger partial charge in [-0.25, -0.2) is 0 Å². The highest BCUT2D eigenvalue weighted by atomic mass is 16.1. The highest BCUT2D eigenvalue weighted by Gasteiger charge is 2.65. The van der Waals surface area contributed by atoms with Crippen LogP contribution >= 0.6 is 0 Å². The van der Waals surface area contributed by atoms with Crippen molar-refractivity contribution in [3.05, 3.63) is 0 Å². The minimum absolute atomic E-state index is 0.397. The summed E-state index contributed by atoms with van der Waals surface area (Å²) in [5.41, 5.74) is 0.397. The molecule has 6 atom stereocenters. The van der Waals surface area contributed by atoms with Crippen molar-refractivity contribution in [2.24, 2.45) is 23.7 Å². The molecule has 0 aromatic rings. The average molecular weight is 248 g/mol. The lowest BCUT2D eigenvalue weighted by molar-refractivity contribution is -0.975. The van der Waals surface area contributed by atoms with Crippen molar-refractivity contribution in [3.63, 3.8) is 0 Å². The molecule has 100 valence electrons. The van der Waals surface area contributed by atoms with Gasteiger partial charge in [0.05, 0.1) is 19.0 Å². The predicted molar refractivity (Wildman–Crippen MR) is 70.4 cm³/mol. The van der Waals surface area contributed by atoms with Crippen LogP contribution in [0.25, 0.3) is 0 Å². The summed E-state index contributed by atoms with van der Waals surface area (Å²) in [5.74, 6) is 3.56. The summed E-state index contributed by atoms with van der Waals surface area (Å²) in [6.45, 7) is 5.13. The lowest BCUT2D eigenvalue weighted by Crippen LogP contribution is -3.25. The van der Waals surface area contributed by atoms with Crippen molar-refractivity contribution in [2.75, 3.05) is 13.1 Å². The molecule has 2 saturated heterocycles. The monoisotopic (exact) mass is 248 g/mol. The van der Waals surface area contributed by atoms with Crippen LogP contribution in [0.3, 0.4) is 0 Å². The van der Waals surface area contributed by atoms with E-state index in [1.54, 1.807) is 0 Å². The maximum absolute atomic E-state index is 12.6. The number of hydrogen-bond acceptors (Lipinski definition) is 1. The van der Waals surface area contributed by atoms with Crippen molar-refractivity contribution >= 4 is 5.78 Å². The van der Waals surface area contributed by atoms with Crippen LogP contribution in [-0.4, -0.2) is 24.4 Å². The second-order valence-corrected chi connectivity index (χ2v) is 7.56. The molecule has 1 spiro atoms. The molecule has 0 aromatic carbocycles. The van der Waals surface area contributed by atoms with E-state index in [4.69, 9.17) is 0 Å². The topological polar surface area (TPSA) is 21.5 Å². The molecule has 0 amide bonds. The Morgan fingerprint density at radius 3 is 2.83 bits per heavy atom. The first kappa shape index (κ1) is 11.5. The Morgan fingerprint density at radius 2 is 2.00 bits per heavy atom. The first-order chi connectivity index (χ1) is 8.72. The van der Waals surface area contributed by atoms with Gasteiger partial charge < -0.3 is 4.90 Å². The Balaban J connectivity index is 1.82. The molecule has 1 unspecified atom stereocenters. The lowest BCUT2D eigenvalue weighted by Gasteiger charge is -2.62. The summed E-state index contributed by atoms with van der Waals surface area (Å²) in [5, 5.41) is 0. The molecule has 2 saturated carbocycles. The summed E-state index contributed by atoms with van der Waals surface area (Å²) in [4.78, 5) is 14.4. The molecule has 2 aliphatic carbocycles. The summed E-state index contributed by atoms with van der Waals surface area (Å²) in [6, 6.07) is 0. The molecular formula is C16H26NO+. The quantitative estimate of drug-likeness (QED) is 0.688.